The Bertz CT molecular complexity index is 994. The van der Waals surface area contributed by atoms with Crippen LogP contribution in [0.4, 0.5) is 10.1 Å². The second kappa shape index (κ2) is 6.15. The number of amides is 2. The average molecular weight is 382 g/mol. The predicted octanol–water partition coefficient (Wildman–Crippen LogP) is 2.69. The van der Waals surface area contributed by atoms with Gasteiger partial charge in [-0.15, -0.1) is 0 Å². The van der Waals surface area contributed by atoms with Crippen molar-refractivity contribution in [2.75, 3.05) is 12.4 Å². The van der Waals surface area contributed by atoms with E-state index in [1.165, 1.54) is 31.8 Å². The molecule has 0 radical (unpaired) electrons. The van der Waals surface area contributed by atoms with Gasteiger partial charge in [0.25, 0.3) is 11.8 Å². The summed E-state index contributed by atoms with van der Waals surface area (Å²) in [6.45, 7) is 2.25. The van der Waals surface area contributed by atoms with Crippen molar-refractivity contribution in [2.24, 2.45) is 17.8 Å². The Kier molecular flexibility index (Phi) is 3.82. The maximum Gasteiger partial charge on any atom is 0.255 e. The number of nitrogens with zero attached hydrogens (tertiary/aromatic N) is 1. The van der Waals surface area contributed by atoms with Crippen LogP contribution in [0, 0.1) is 23.6 Å². The molecular weight excluding hydrogens is 359 g/mol. The monoisotopic (exact) mass is 382 g/mol. The molecule has 4 saturated carbocycles. The van der Waals surface area contributed by atoms with Crippen LogP contribution in [0.25, 0.3) is 10.9 Å². The Balaban J connectivity index is 1.60. The van der Waals surface area contributed by atoms with Gasteiger partial charge in [0.05, 0.1) is 22.3 Å². The van der Waals surface area contributed by atoms with Gasteiger partial charge < -0.3 is 16.0 Å². The van der Waals surface area contributed by atoms with Crippen molar-refractivity contribution >= 4 is 28.4 Å². The van der Waals surface area contributed by atoms with E-state index in [9.17, 15) is 14.0 Å². The lowest BCUT2D eigenvalue weighted by atomic mass is 9.45. The molecule has 4 aliphatic carbocycles. The van der Waals surface area contributed by atoms with Crippen molar-refractivity contribution in [2.45, 2.75) is 38.3 Å². The Morgan fingerprint density at radius 1 is 1.14 bits per heavy atom. The molecule has 6 rings (SSSR count). The number of rotatable bonds is 5. The SMILES string of the molecule is CNC(=O)c1cc2c(NC3C4CC3C4C)c(C(=O)NC3CC3)cnc2cc1F. The smallest absolute Gasteiger partial charge is 0.255 e. The van der Waals surface area contributed by atoms with Crippen LogP contribution in [-0.2, 0) is 0 Å². The van der Waals surface area contributed by atoms with E-state index in [2.05, 4.69) is 27.9 Å². The van der Waals surface area contributed by atoms with E-state index >= 15 is 0 Å². The number of benzene rings is 1. The van der Waals surface area contributed by atoms with Crippen molar-refractivity contribution in [3.05, 3.63) is 35.3 Å². The fourth-order valence-corrected chi connectivity index (χ4v) is 4.51. The molecule has 2 bridgehead atoms. The zero-order valence-corrected chi connectivity index (χ0v) is 15.9. The van der Waals surface area contributed by atoms with Gasteiger partial charge in [0.2, 0.25) is 0 Å². The fraction of sp³-hybridized carbons (Fsp3) is 0.476. The highest BCUT2D eigenvalue weighted by molar-refractivity contribution is 6.09. The molecule has 2 amide bonds. The topological polar surface area (TPSA) is 83.1 Å². The average Bonchev–Trinajstić information content (AvgIpc) is 3.46. The van der Waals surface area contributed by atoms with Gasteiger partial charge in [-0.3, -0.25) is 14.6 Å². The molecule has 28 heavy (non-hydrogen) atoms. The summed E-state index contributed by atoms with van der Waals surface area (Å²) in [6.07, 6.45) is 4.70. The van der Waals surface area contributed by atoms with Gasteiger partial charge in [0.15, 0.2) is 0 Å². The molecule has 1 heterocycles. The van der Waals surface area contributed by atoms with E-state index in [0.717, 1.165) is 12.8 Å². The quantitative estimate of drug-likeness (QED) is 0.743. The lowest BCUT2D eigenvalue weighted by molar-refractivity contribution is -0.0860. The minimum Gasteiger partial charge on any atom is -0.380 e. The molecule has 3 N–H and O–H groups in total. The Morgan fingerprint density at radius 3 is 2.50 bits per heavy atom. The van der Waals surface area contributed by atoms with Crippen molar-refractivity contribution in [1.29, 1.82) is 0 Å². The van der Waals surface area contributed by atoms with E-state index in [1.54, 1.807) is 0 Å². The van der Waals surface area contributed by atoms with Crippen LogP contribution in [0.3, 0.4) is 0 Å². The molecule has 0 saturated heterocycles. The molecule has 4 aliphatic rings. The number of fused-ring (bicyclic) bond motifs is 1. The molecule has 0 aliphatic heterocycles. The van der Waals surface area contributed by atoms with Crippen molar-refractivity contribution < 1.29 is 14.0 Å². The van der Waals surface area contributed by atoms with Crippen molar-refractivity contribution in [1.82, 2.24) is 15.6 Å². The van der Waals surface area contributed by atoms with Gasteiger partial charge in [-0.1, -0.05) is 6.92 Å². The molecule has 2 aromatic rings. The van der Waals surface area contributed by atoms with Gasteiger partial charge in [0, 0.05) is 36.8 Å². The van der Waals surface area contributed by atoms with Gasteiger partial charge in [0.1, 0.15) is 5.82 Å². The maximum absolute atomic E-state index is 14.4. The fourth-order valence-electron chi connectivity index (χ4n) is 4.51. The van der Waals surface area contributed by atoms with E-state index in [0.29, 0.717) is 45.9 Å². The maximum atomic E-state index is 14.4. The summed E-state index contributed by atoms with van der Waals surface area (Å²) >= 11 is 0. The molecule has 1 aromatic carbocycles. The summed E-state index contributed by atoms with van der Waals surface area (Å²) in [5, 5.41) is 9.61. The van der Waals surface area contributed by atoms with Crippen LogP contribution in [0.5, 0.6) is 0 Å². The van der Waals surface area contributed by atoms with E-state index in [4.69, 9.17) is 0 Å². The molecule has 6 nitrogen and oxygen atoms in total. The highest BCUT2D eigenvalue weighted by atomic mass is 19.1. The van der Waals surface area contributed by atoms with E-state index < -0.39 is 11.7 Å². The molecule has 2 unspecified atom stereocenters. The predicted molar refractivity (Wildman–Crippen MR) is 104 cm³/mol. The molecule has 2 atom stereocenters. The van der Waals surface area contributed by atoms with Crippen molar-refractivity contribution in [3.63, 3.8) is 0 Å². The van der Waals surface area contributed by atoms with Crippen LogP contribution >= 0.6 is 0 Å². The van der Waals surface area contributed by atoms with Gasteiger partial charge in [-0.05, 0) is 43.1 Å². The molecule has 4 fully saturated rings. The highest BCUT2D eigenvalue weighted by Gasteiger charge is 2.58. The van der Waals surface area contributed by atoms with E-state index in [1.807, 2.05) is 0 Å². The summed E-state index contributed by atoms with van der Waals surface area (Å²) in [6, 6.07) is 3.31. The first-order valence-electron chi connectivity index (χ1n) is 9.89. The number of carbonyl (C=O) groups is 2. The molecule has 1 aromatic heterocycles. The van der Waals surface area contributed by atoms with Crippen LogP contribution in [0.2, 0.25) is 0 Å². The molecule has 7 heteroatoms. The standard InChI is InChI=1S/C21H23FN4O2/c1-9-11-5-12(9)18(11)26-19-14-6-13(20(27)23-2)16(22)7-17(14)24-8-15(19)21(28)25-10-3-4-10/h6-12,18H,3-5H2,1-2H3,(H,23,27)(H,24,26)(H,25,28). The first-order chi connectivity index (χ1) is 13.5. The first-order valence-corrected chi connectivity index (χ1v) is 9.89. The highest BCUT2D eigenvalue weighted by Crippen LogP contribution is 2.59. The lowest BCUT2D eigenvalue weighted by Crippen LogP contribution is -2.65. The van der Waals surface area contributed by atoms with Crippen LogP contribution < -0.4 is 16.0 Å². The zero-order chi connectivity index (χ0) is 19.6. The third-order valence-corrected chi connectivity index (χ3v) is 6.71. The van der Waals surface area contributed by atoms with E-state index in [-0.39, 0.29) is 17.5 Å². The summed E-state index contributed by atoms with van der Waals surface area (Å²) in [5.41, 5.74) is 1.48. The third kappa shape index (κ3) is 2.56. The Hall–Kier alpha value is -2.70. The Morgan fingerprint density at radius 2 is 1.89 bits per heavy atom. The third-order valence-electron chi connectivity index (χ3n) is 6.71. The second-order valence-electron chi connectivity index (χ2n) is 8.32. The van der Waals surface area contributed by atoms with Crippen LogP contribution in [0.15, 0.2) is 18.3 Å². The number of hydrogen-bond acceptors (Lipinski definition) is 4. The summed E-state index contributed by atoms with van der Waals surface area (Å²) in [7, 11) is 1.46. The van der Waals surface area contributed by atoms with Crippen LogP contribution in [0.1, 0.15) is 46.9 Å². The summed E-state index contributed by atoms with van der Waals surface area (Å²) < 4.78 is 14.4. The van der Waals surface area contributed by atoms with Gasteiger partial charge >= 0.3 is 0 Å². The number of pyridine rings is 1. The number of hydrogen-bond donors (Lipinski definition) is 3. The number of halogens is 1. The number of aromatic nitrogens is 1. The lowest BCUT2D eigenvalue weighted by Gasteiger charge is -2.64. The molecule has 146 valence electrons. The van der Waals surface area contributed by atoms with Crippen molar-refractivity contribution in [3.8, 4) is 0 Å². The number of carbonyl (C=O) groups excluding carboxylic acids is 2. The summed E-state index contributed by atoms with van der Waals surface area (Å²) in [5.74, 6) is 0.608. The largest absolute Gasteiger partial charge is 0.380 e. The van der Waals surface area contributed by atoms with Gasteiger partial charge in [-0.25, -0.2) is 4.39 Å². The van der Waals surface area contributed by atoms with Crippen LogP contribution in [-0.4, -0.2) is 35.9 Å². The molecule has 0 spiro atoms. The first kappa shape index (κ1) is 17.4. The Labute approximate surface area is 162 Å². The molecular formula is C21H23FN4O2. The minimum absolute atomic E-state index is 0.0493. The van der Waals surface area contributed by atoms with Gasteiger partial charge in [-0.2, -0.15) is 0 Å². The second-order valence-corrected chi connectivity index (χ2v) is 8.32. The number of anilines is 1. The summed E-state index contributed by atoms with van der Waals surface area (Å²) in [4.78, 5) is 29.2. The number of nitrogens with one attached hydrogen (secondary N) is 3. The normalized spacial score (nSPS) is 27.5. The zero-order valence-electron chi connectivity index (χ0n) is 15.9. The minimum atomic E-state index is -0.624.